The van der Waals surface area contributed by atoms with Gasteiger partial charge in [0.25, 0.3) is 11.8 Å². The van der Waals surface area contributed by atoms with E-state index in [1.54, 1.807) is 41.3 Å². The van der Waals surface area contributed by atoms with Crippen molar-refractivity contribution in [3.63, 3.8) is 0 Å². The van der Waals surface area contributed by atoms with Gasteiger partial charge in [0.1, 0.15) is 22.7 Å². The van der Waals surface area contributed by atoms with Gasteiger partial charge in [-0.1, -0.05) is 113 Å². The van der Waals surface area contributed by atoms with Crippen LogP contribution in [0.5, 0.6) is 0 Å². The number of methoxy groups -OCH3 is 3. The Labute approximate surface area is 502 Å². The molecule has 1 N–H and O–H groups in total. The summed E-state index contributed by atoms with van der Waals surface area (Å²) in [5, 5.41) is 11.1. The van der Waals surface area contributed by atoms with Crippen LogP contribution in [0.2, 0.25) is 0 Å². The molecule has 2 amide bonds. The van der Waals surface area contributed by atoms with Gasteiger partial charge < -0.3 is 30.5 Å². The zero-order valence-electron chi connectivity index (χ0n) is 48.4. The third-order valence-electron chi connectivity index (χ3n) is 15.9. The molecule has 2 spiro atoms. The van der Waals surface area contributed by atoms with Crippen LogP contribution >= 0.6 is 22.6 Å². The molecule has 20 heteroatoms. The maximum Gasteiger partial charge on any atom is 1.00 e. The molecule has 430 valence electrons. The molecular formula is C60H72F6IN4NaO8. The van der Waals surface area contributed by atoms with Gasteiger partial charge in [0, 0.05) is 18.2 Å². The summed E-state index contributed by atoms with van der Waals surface area (Å²) in [6.45, 7) is 13.2. The van der Waals surface area contributed by atoms with E-state index in [0.717, 1.165) is 55.5 Å². The largest absolute Gasteiger partial charge is 1.00 e. The summed E-state index contributed by atoms with van der Waals surface area (Å²) in [5.74, 6) is -1.01. The van der Waals surface area contributed by atoms with E-state index in [9.17, 15) is 50.6 Å². The molecule has 2 aliphatic heterocycles. The Bertz CT molecular complexity index is 2880. The van der Waals surface area contributed by atoms with Gasteiger partial charge in [-0.2, -0.15) is 26.3 Å². The molecule has 0 saturated heterocycles. The maximum atomic E-state index is 13.9. The summed E-state index contributed by atoms with van der Waals surface area (Å²) < 4.78 is 95.8. The van der Waals surface area contributed by atoms with Gasteiger partial charge in [-0.15, -0.1) is 0 Å². The Hall–Kier alpha value is -4.67. The van der Waals surface area contributed by atoms with Crippen molar-refractivity contribution in [3.8, 4) is 0 Å². The number of ether oxygens (including phenoxy) is 3. The van der Waals surface area contributed by atoms with Crippen LogP contribution in [0, 0.1) is 22.7 Å². The van der Waals surface area contributed by atoms with Crippen LogP contribution < -0.4 is 29.6 Å². The van der Waals surface area contributed by atoms with Crippen molar-refractivity contribution in [1.29, 1.82) is 0 Å². The maximum absolute atomic E-state index is 13.9. The summed E-state index contributed by atoms with van der Waals surface area (Å²) in [4.78, 5) is 66.1. The van der Waals surface area contributed by atoms with Crippen molar-refractivity contribution in [2.45, 2.75) is 129 Å². The van der Waals surface area contributed by atoms with Crippen molar-refractivity contribution in [3.05, 3.63) is 142 Å². The van der Waals surface area contributed by atoms with Crippen LogP contribution in [-0.2, 0) is 36.2 Å². The number of esters is 2. The zero-order chi connectivity index (χ0) is 58.5. The van der Waals surface area contributed by atoms with E-state index in [4.69, 9.17) is 24.2 Å². The number of benzene rings is 4. The molecule has 4 aromatic rings. The fourth-order valence-corrected chi connectivity index (χ4v) is 11.2. The number of halogens is 7. The average molecular weight is 1240 g/mol. The number of carbonyl (C=O) groups is 4. The quantitative estimate of drug-likeness (QED) is 0.0513. The summed E-state index contributed by atoms with van der Waals surface area (Å²) >= 11 is 2.15. The number of aliphatic imine (C=N–C) groups is 2. The minimum absolute atomic E-state index is 0. The number of aliphatic hydroxyl groups excluding tert-OH is 1. The fourth-order valence-electron chi connectivity index (χ4n) is 11.2. The molecule has 4 aliphatic rings. The van der Waals surface area contributed by atoms with Gasteiger partial charge in [0.05, 0.1) is 61.8 Å². The number of nitrogens with zero attached hydrogens (tertiary/aromatic N) is 4. The second-order valence-corrected chi connectivity index (χ2v) is 22.6. The molecule has 2 aliphatic carbocycles. The molecule has 0 bridgehead atoms. The van der Waals surface area contributed by atoms with Crippen LogP contribution in [0.15, 0.2) is 107 Å². The number of aliphatic hydroxyl groups is 1. The zero-order valence-corrected chi connectivity index (χ0v) is 51.5. The Morgan fingerprint density at radius 2 is 0.963 bits per heavy atom. The molecule has 2 unspecified atom stereocenters. The van der Waals surface area contributed by atoms with Gasteiger partial charge in [0.15, 0.2) is 0 Å². The molecule has 0 radical (unpaired) electrons. The second-order valence-electron chi connectivity index (χ2n) is 22.6. The van der Waals surface area contributed by atoms with Gasteiger partial charge in [-0.25, -0.2) is 9.59 Å². The first-order chi connectivity index (χ1) is 37.0. The third kappa shape index (κ3) is 15.1. The van der Waals surface area contributed by atoms with E-state index in [1.165, 1.54) is 62.6 Å². The Morgan fingerprint density at radius 3 is 1.29 bits per heavy atom. The smallest absolute Gasteiger partial charge is 1.00 e. The van der Waals surface area contributed by atoms with Crippen molar-refractivity contribution in [2.24, 2.45) is 32.7 Å². The fraction of sp³-hybridized carbons (Fsp3) is 0.500. The summed E-state index contributed by atoms with van der Waals surface area (Å²) in [6.07, 6.45) is -5.07. The first-order valence-electron chi connectivity index (χ1n) is 26.2. The molecule has 4 aromatic carbocycles. The Morgan fingerprint density at radius 1 is 0.613 bits per heavy atom. The molecule has 80 heavy (non-hydrogen) atoms. The molecule has 2 fully saturated rings. The molecule has 12 nitrogen and oxygen atoms in total. The Kier molecular flexibility index (Phi) is 22.1. The molecule has 0 aromatic heterocycles. The molecular weight excluding hydrogens is 1170 g/mol. The van der Waals surface area contributed by atoms with Gasteiger partial charge in [-0.3, -0.25) is 19.6 Å². The van der Waals surface area contributed by atoms with Crippen molar-refractivity contribution in [1.82, 2.24) is 9.80 Å². The monoisotopic (exact) mass is 1240 g/mol. The number of carbonyl (C=O) groups excluding carboxylic acids is 4. The number of β-amino-alcohol motifs (C(OH)–C–C–N with tert-alkyl or cyclic N) is 1. The Balaban J connectivity index is 0.000000330. The number of alkyl halides is 7. The van der Waals surface area contributed by atoms with Crippen LogP contribution in [0.4, 0.5) is 26.3 Å². The number of rotatable bonds is 11. The first-order valence-corrected chi connectivity index (χ1v) is 28.3. The van der Waals surface area contributed by atoms with E-state index in [1.807, 2.05) is 4.93 Å². The van der Waals surface area contributed by atoms with Crippen LogP contribution in [0.25, 0.3) is 0 Å². The average Bonchev–Trinajstić information content (AvgIpc) is 3.98. The van der Waals surface area contributed by atoms with Gasteiger partial charge >= 0.3 is 53.8 Å². The summed E-state index contributed by atoms with van der Waals surface area (Å²) in [6, 6.07) is 22.5. The summed E-state index contributed by atoms with van der Waals surface area (Å²) in [7, 11) is 4.13. The first kappa shape index (κ1) is 66.1. The van der Waals surface area contributed by atoms with Crippen molar-refractivity contribution < 1.29 is 95.8 Å². The van der Waals surface area contributed by atoms with Crippen LogP contribution in [0.1, 0.15) is 161 Å². The van der Waals surface area contributed by atoms with E-state index < -0.39 is 70.8 Å². The molecule has 2 saturated carbocycles. The minimum Gasteiger partial charge on any atom is -1.00 e. The SMILES string of the molecule is CI.COC(=O)c1ccc(C(CN2C(=O)C(c3cccc(C(F)(F)F)c3)=NC23CCC(C(C)(C)C)CC3)OC)cc1.COC(=O)c1ccc(C(O)CN2C(=O)C(c3cccc(C(F)(F)F)c3)=NC23CCC(C(C)(C)C)CC3)cc1.[H-].[Na+]. The van der Waals surface area contributed by atoms with Gasteiger partial charge in [0.2, 0.25) is 0 Å². The number of hydrogen-bond donors (Lipinski definition) is 1. The molecule has 8 rings (SSSR count). The van der Waals surface area contributed by atoms with Gasteiger partial charge in [-0.05, 0) is 139 Å². The molecule has 2 atom stereocenters. The van der Waals surface area contributed by atoms with E-state index >= 15 is 0 Å². The van der Waals surface area contributed by atoms with E-state index in [-0.39, 0.29) is 77.5 Å². The van der Waals surface area contributed by atoms with Crippen molar-refractivity contribution in [2.75, 3.05) is 39.3 Å². The molecule has 2 heterocycles. The predicted molar refractivity (Wildman–Crippen MR) is 299 cm³/mol. The van der Waals surface area contributed by atoms with E-state index in [0.29, 0.717) is 54.2 Å². The normalized spacial score (nSPS) is 22.0. The third-order valence-corrected chi connectivity index (χ3v) is 15.9. The number of hydrogen-bond acceptors (Lipinski definition) is 10. The minimum atomic E-state index is -4.55. The van der Waals surface area contributed by atoms with Crippen molar-refractivity contribution >= 4 is 57.8 Å². The topological polar surface area (TPSA) is 147 Å². The second kappa shape index (κ2) is 26.7. The van der Waals surface area contributed by atoms with E-state index in [2.05, 4.69) is 64.1 Å². The number of amides is 2. The predicted octanol–water partition coefficient (Wildman–Crippen LogP) is 10.4. The standard InChI is InChI=1S/C30H35F3N2O4.C29H33F3N2O4.CH3I.Na.H/c1-28(2,3)22-13-15-29(16-14-22)34-25(21-7-6-8-23(17-21)30(31,32)33)26(36)35(29)18-24(38-4)19-9-11-20(12-10-19)27(37)39-5;1-27(2,3)21-12-14-28(15-13-21)33-24(20-6-5-7-22(16-20)29(30,31)32)25(36)34(28)17-23(35)18-8-10-19(11-9-18)26(37)38-4;1-2;;/h6-12,17,22,24H,13-16,18H2,1-5H3;5-11,16,21,23,35H,12-15,17H2,1-4H3;1H3;;/q;;;+1;-1. The van der Waals surface area contributed by atoms with Crippen LogP contribution in [-0.4, -0.2) is 101 Å². The summed E-state index contributed by atoms with van der Waals surface area (Å²) in [5.41, 5.74) is -1.02. The van der Waals surface area contributed by atoms with Crippen LogP contribution in [0.3, 0.4) is 0 Å².